The van der Waals surface area contributed by atoms with E-state index in [1.807, 2.05) is 65.6 Å². The van der Waals surface area contributed by atoms with Gasteiger partial charge in [-0.05, 0) is 29.3 Å². The maximum atomic E-state index is 12.9. The van der Waals surface area contributed by atoms with Gasteiger partial charge in [-0.1, -0.05) is 60.7 Å². The Hall–Kier alpha value is -2.95. The molecule has 0 aliphatic heterocycles. The largest absolute Gasteiger partial charge is 0.416 e. The molecule has 0 spiro atoms. The van der Waals surface area contributed by atoms with Crippen molar-refractivity contribution in [1.29, 1.82) is 0 Å². The maximum absolute atomic E-state index is 12.9. The molecule has 2 nitrogen and oxygen atoms in total. The third-order valence-electron chi connectivity index (χ3n) is 4.13. The van der Waals surface area contributed by atoms with Crippen LogP contribution in [0.2, 0.25) is 0 Å². The minimum atomic E-state index is -4.41. The number of hydrogen-bond donors (Lipinski definition) is 1. The molecule has 0 aliphatic rings. The molecule has 3 aromatic rings. The molecule has 0 amide bonds. The van der Waals surface area contributed by atoms with Crippen LogP contribution in [0.1, 0.15) is 16.7 Å². The van der Waals surface area contributed by atoms with Crippen molar-refractivity contribution in [1.82, 2.24) is 0 Å². The first-order chi connectivity index (χ1) is 12.4. The summed E-state index contributed by atoms with van der Waals surface area (Å²) in [6.07, 6.45) is -4.41. The lowest BCUT2D eigenvalue weighted by Crippen LogP contribution is -2.23. The highest BCUT2D eigenvalue weighted by Crippen LogP contribution is 2.35. The molecule has 0 heterocycles. The number of rotatable bonds is 5. The summed E-state index contributed by atoms with van der Waals surface area (Å²) in [5, 5.41) is 0. The number of nitrogen functional groups attached to an aromatic ring is 1. The second kappa shape index (κ2) is 7.52. The standard InChI is InChI=1S/C21H19F3N2/c22-21(23,24)18-11-12-20(19(25)13-18)26(14-16-7-3-1-4-8-16)15-17-9-5-2-6-10-17/h1-13H,14-15,25H2. The topological polar surface area (TPSA) is 29.3 Å². The molecule has 0 saturated carbocycles. The maximum Gasteiger partial charge on any atom is 0.416 e. The lowest BCUT2D eigenvalue weighted by Gasteiger charge is -2.27. The first-order valence-electron chi connectivity index (χ1n) is 8.23. The van der Waals surface area contributed by atoms with Crippen LogP contribution in [0, 0.1) is 0 Å². The van der Waals surface area contributed by atoms with Crippen molar-refractivity contribution >= 4 is 11.4 Å². The monoisotopic (exact) mass is 356 g/mol. The van der Waals surface area contributed by atoms with E-state index in [9.17, 15) is 13.2 Å². The smallest absolute Gasteiger partial charge is 0.397 e. The van der Waals surface area contributed by atoms with Crippen LogP contribution in [0.3, 0.4) is 0 Å². The van der Waals surface area contributed by atoms with Crippen LogP contribution in [0.25, 0.3) is 0 Å². The van der Waals surface area contributed by atoms with E-state index in [-0.39, 0.29) is 5.69 Å². The molecule has 0 bridgehead atoms. The van der Waals surface area contributed by atoms with Crippen LogP contribution in [0.15, 0.2) is 78.9 Å². The van der Waals surface area contributed by atoms with Gasteiger partial charge in [-0.3, -0.25) is 0 Å². The van der Waals surface area contributed by atoms with Crippen molar-refractivity contribution < 1.29 is 13.2 Å². The first-order valence-corrected chi connectivity index (χ1v) is 8.23. The van der Waals surface area contributed by atoms with E-state index >= 15 is 0 Å². The second-order valence-electron chi connectivity index (χ2n) is 6.10. The zero-order chi connectivity index (χ0) is 18.6. The summed E-state index contributed by atoms with van der Waals surface area (Å²) in [5.74, 6) is 0. The van der Waals surface area contributed by atoms with Gasteiger partial charge in [-0.2, -0.15) is 13.2 Å². The van der Waals surface area contributed by atoms with Crippen molar-refractivity contribution in [3.63, 3.8) is 0 Å². The van der Waals surface area contributed by atoms with E-state index in [1.54, 1.807) is 0 Å². The van der Waals surface area contributed by atoms with Crippen molar-refractivity contribution in [3.8, 4) is 0 Å². The Bertz CT molecular complexity index is 805. The Morgan fingerprint density at radius 3 is 1.65 bits per heavy atom. The zero-order valence-corrected chi connectivity index (χ0v) is 14.1. The molecule has 3 aromatic carbocycles. The van der Waals surface area contributed by atoms with E-state index in [0.717, 1.165) is 23.3 Å². The molecular weight excluding hydrogens is 337 g/mol. The Balaban J connectivity index is 1.94. The van der Waals surface area contributed by atoms with Crippen molar-refractivity contribution in [3.05, 3.63) is 95.6 Å². The van der Waals surface area contributed by atoms with E-state index in [4.69, 9.17) is 5.73 Å². The van der Waals surface area contributed by atoms with Crippen molar-refractivity contribution in [2.75, 3.05) is 10.6 Å². The van der Waals surface area contributed by atoms with Crippen molar-refractivity contribution in [2.24, 2.45) is 0 Å². The number of nitrogens with two attached hydrogens (primary N) is 1. The number of anilines is 2. The molecule has 134 valence electrons. The lowest BCUT2D eigenvalue weighted by molar-refractivity contribution is -0.137. The third kappa shape index (κ3) is 4.36. The second-order valence-corrected chi connectivity index (χ2v) is 6.10. The summed E-state index contributed by atoms with van der Waals surface area (Å²) >= 11 is 0. The molecule has 0 aliphatic carbocycles. The van der Waals surface area contributed by atoms with E-state index in [0.29, 0.717) is 18.8 Å². The van der Waals surface area contributed by atoms with E-state index in [1.165, 1.54) is 6.07 Å². The van der Waals surface area contributed by atoms with Crippen LogP contribution in [0.5, 0.6) is 0 Å². The average Bonchev–Trinajstić information content (AvgIpc) is 2.62. The Morgan fingerprint density at radius 1 is 0.731 bits per heavy atom. The number of halogens is 3. The fraction of sp³-hybridized carbons (Fsp3) is 0.143. The Labute approximate surface area is 150 Å². The predicted octanol–water partition coefficient (Wildman–Crippen LogP) is 5.49. The fourth-order valence-corrected chi connectivity index (χ4v) is 2.85. The van der Waals surface area contributed by atoms with Gasteiger partial charge < -0.3 is 10.6 Å². The molecule has 0 radical (unpaired) electrons. The molecule has 0 fully saturated rings. The van der Waals surface area contributed by atoms with Gasteiger partial charge in [0, 0.05) is 13.1 Å². The SMILES string of the molecule is Nc1cc(C(F)(F)F)ccc1N(Cc1ccccc1)Cc1ccccc1. The normalized spacial score (nSPS) is 11.3. The minimum absolute atomic E-state index is 0.117. The average molecular weight is 356 g/mol. The zero-order valence-electron chi connectivity index (χ0n) is 14.1. The summed E-state index contributed by atoms with van der Waals surface area (Å²) in [6.45, 7) is 1.09. The number of hydrogen-bond acceptors (Lipinski definition) is 2. The Morgan fingerprint density at radius 2 is 1.23 bits per heavy atom. The fourth-order valence-electron chi connectivity index (χ4n) is 2.85. The Kier molecular flexibility index (Phi) is 5.16. The molecule has 0 aromatic heterocycles. The van der Waals surface area contributed by atoms with Gasteiger partial charge in [-0.15, -0.1) is 0 Å². The van der Waals surface area contributed by atoms with E-state index in [2.05, 4.69) is 0 Å². The van der Waals surface area contributed by atoms with Gasteiger partial charge in [0.05, 0.1) is 16.9 Å². The van der Waals surface area contributed by atoms with Gasteiger partial charge >= 0.3 is 6.18 Å². The van der Waals surface area contributed by atoms with Crippen LogP contribution >= 0.6 is 0 Å². The lowest BCUT2D eigenvalue weighted by atomic mass is 10.1. The quantitative estimate of drug-likeness (QED) is 0.612. The first kappa shape index (κ1) is 17.9. The third-order valence-corrected chi connectivity index (χ3v) is 4.13. The summed E-state index contributed by atoms with van der Waals surface area (Å²) in [6, 6.07) is 23.1. The summed E-state index contributed by atoms with van der Waals surface area (Å²) in [5.41, 5.74) is 8.07. The highest BCUT2D eigenvalue weighted by molar-refractivity contribution is 5.69. The molecule has 0 saturated heterocycles. The number of alkyl halides is 3. The van der Waals surface area contributed by atoms with Gasteiger partial charge in [0.15, 0.2) is 0 Å². The molecule has 5 heteroatoms. The summed E-state index contributed by atoms with van der Waals surface area (Å²) in [4.78, 5) is 1.99. The molecule has 3 rings (SSSR count). The summed E-state index contributed by atoms with van der Waals surface area (Å²) in [7, 11) is 0. The highest BCUT2D eigenvalue weighted by Gasteiger charge is 2.31. The van der Waals surface area contributed by atoms with E-state index < -0.39 is 11.7 Å². The van der Waals surface area contributed by atoms with Crippen LogP contribution in [-0.4, -0.2) is 0 Å². The van der Waals surface area contributed by atoms with Crippen LogP contribution in [0.4, 0.5) is 24.5 Å². The van der Waals surface area contributed by atoms with Gasteiger partial charge in [-0.25, -0.2) is 0 Å². The van der Waals surface area contributed by atoms with Crippen molar-refractivity contribution in [2.45, 2.75) is 19.3 Å². The number of nitrogens with zero attached hydrogens (tertiary/aromatic N) is 1. The number of benzene rings is 3. The minimum Gasteiger partial charge on any atom is -0.397 e. The van der Waals surface area contributed by atoms with Gasteiger partial charge in [0.1, 0.15) is 0 Å². The van der Waals surface area contributed by atoms with Gasteiger partial charge in [0.25, 0.3) is 0 Å². The molecule has 2 N–H and O–H groups in total. The summed E-state index contributed by atoms with van der Waals surface area (Å²) < 4.78 is 38.8. The molecular formula is C21H19F3N2. The highest BCUT2D eigenvalue weighted by atomic mass is 19.4. The molecule has 0 atom stereocenters. The molecule has 0 unspecified atom stereocenters. The van der Waals surface area contributed by atoms with Crippen LogP contribution < -0.4 is 10.6 Å². The predicted molar refractivity (Wildman–Crippen MR) is 98.6 cm³/mol. The molecule has 26 heavy (non-hydrogen) atoms. The van der Waals surface area contributed by atoms with Crippen LogP contribution in [-0.2, 0) is 19.3 Å². The van der Waals surface area contributed by atoms with Gasteiger partial charge in [0.2, 0.25) is 0 Å².